The van der Waals surface area contributed by atoms with Crippen LogP contribution in [0.5, 0.6) is 5.75 Å². The fraction of sp³-hybridized carbons (Fsp3) is 0.111. The van der Waals surface area contributed by atoms with Gasteiger partial charge >= 0.3 is 12.1 Å². The van der Waals surface area contributed by atoms with E-state index in [9.17, 15) is 22.8 Å². The zero-order valence-electron chi connectivity index (χ0n) is 13.3. The molecular weight excluding hydrogens is 371 g/mol. The van der Waals surface area contributed by atoms with Gasteiger partial charge in [0.25, 0.3) is 0 Å². The second-order valence-corrected chi connectivity index (χ2v) is 5.95. The van der Waals surface area contributed by atoms with Gasteiger partial charge in [-0.1, -0.05) is 11.6 Å². The zero-order chi connectivity index (χ0) is 19.1. The minimum absolute atomic E-state index is 0.0355. The molecule has 0 radical (unpaired) electrons. The number of H-pyrrole nitrogens is 1. The van der Waals surface area contributed by atoms with Crippen LogP contribution in [0.1, 0.15) is 28.5 Å². The van der Waals surface area contributed by atoms with Gasteiger partial charge < -0.3 is 9.72 Å². The molecule has 0 atom stereocenters. The summed E-state index contributed by atoms with van der Waals surface area (Å²) in [6.07, 6.45) is -4.54. The van der Waals surface area contributed by atoms with Crippen molar-refractivity contribution in [3.8, 4) is 5.75 Å². The van der Waals surface area contributed by atoms with Crippen LogP contribution in [0.2, 0.25) is 5.02 Å². The van der Waals surface area contributed by atoms with Crippen LogP contribution in [-0.2, 0) is 11.0 Å². The monoisotopic (exact) mass is 381 g/mol. The minimum atomic E-state index is -4.54. The van der Waals surface area contributed by atoms with E-state index in [-0.39, 0.29) is 27.9 Å². The van der Waals surface area contributed by atoms with E-state index in [4.69, 9.17) is 16.3 Å². The standard InChI is InChI=1S/C18H11ClF3NO3/c1-9(24)26-17-13-7-4-11(18(20,21)22)8-14(13)23-15(17)16(25)10-2-5-12(19)6-3-10/h2-8,23H,1H3. The number of benzene rings is 2. The quantitative estimate of drug-likeness (QED) is 0.513. The van der Waals surface area contributed by atoms with Gasteiger partial charge in [-0.2, -0.15) is 13.2 Å². The molecule has 4 nitrogen and oxygen atoms in total. The van der Waals surface area contributed by atoms with Gasteiger partial charge in [-0.25, -0.2) is 0 Å². The average molecular weight is 382 g/mol. The maximum atomic E-state index is 12.9. The number of nitrogens with one attached hydrogen (secondary N) is 1. The van der Waals surface area contributed by atoms with Crippen molar-refractivity contribution in [2.45, 2.75) is 13.1 Å². The Morgan fingerprint density at radius 1 is 1.08 bits per heavy atom. The van der Waals surface area contributed by atoms with Crippen LogP contribution in [0.3, 0.4) is 0 Å². The van der Waals surface area contributed by atoms with Crippen LogP contribution >= 0.6 is 11.6 Å². The molecule has 134 valence electrons. The summed E-state index contributed by atoms with van der Waals surface area (Å²) in [7, 11) is 0. The first kappa shape index (κ1) is 18.0. The summed E-state index contributed by atoms with van der Waals surface area (Å²) in [5.74, 6) is -1.35. The number of alkyl halides is 3. The third-order valence-corrected chi connectivity index (χ3v) is 3.91. The molecule has 0 spiro atoms. The molecule has 1 aromatic heterocycles. The predicted octanol–water partition coefficient (Wildman–Crippen LogP) is 5.00. The number of hydrogen-bond acceptors (Lipinski definition) is 3. The first-order valence-electron chi connectivity index (χ1n) is 7.38. The third kappa shape index (κ3) is 3.43. The molecule has 0 aliphatic rings. The van der Waals surface area contributed by atoms with Crippen molar-refractivity contribution in [3.63, 3.8) is 0 Å². The molecule has 0 amide bonds. The van der Waals surface area contributed by atoms with Crippen molar-refractivity contribution in [3.05, 3.63) is 64.3 Å². The number of ether oxygens (including phenoxy) is 1. The summed E-state index contributed by atoms with van der Waals surface area (Å²) in [5.41, 5.74) is -0.721. The number of fused-ring (bicyclic) bond motifs is 1. The number of hydrogen-bond donors (Lipinski definition) is 1. The van der Waals surface area contributed by atoms with E-state index in [1.165, 1.54) is 24.3 Å². The maximum absolute atomic E-state index is 12.9. The largest absolute Gasteiger partial charge is 0.424 e. The van der Waals surface area contributed by atoms with Gasteiger partial charge in [0, 0.05) is 22.9 Å². The average Bonchev–Trinajstić information content (AvgIpc) is 2.91. The van der Waals surface area contributed by atoms with Gasteiger partial charge in [-0.15, -0.1) is 0 Å². The van der Waals surface area contributed by atoms with E-state index >= 15 is 0 Å². The van der Waals surface area contributed by atoms with Crippen molar-refractivity contribution in [2.24, 2.45) is 0 Å². The molecule has 0 fully saturated rings. The van der Waals surface area contributed by atoms with Gasteiger partial charge in [0.1, 0.15) is 5.69 Å². The maximum Gasteiger partial charge on any atom is 0.416 e. The van der Waals surface area contributed by atoms with Gasteiger partial charge in [0.2, 0.25) is 5.78 Å². The number of halogens is 4. The summed E-state index contributed by atoms with van der Waals surface area (Å²) < 4.78 is 43.8. The van der Waals surface area contributed by atoms with Crippen LogP contribution < -0.4 is 4.74 Å². The Morgan fingerprint density at radius 3 is 2.31 bits per heavy atom. The molecule has 3 aromatic rings. The zero-order valence-corrected chi connectivity index (χ0v) is 14.0. The lowest BCUT2D eigenvalue weighted by molar-refractivity contribution is -0.137. The Balaban J connectivity index is 2.17. The molecule has 2 aromatic carbocycles. The number of esters is 1. The van der Waals surface area contributed by atoms with E-state index in [1.54, 1.807) is 0 Å². The molecule has 0 aliphatic heterocycles. The molecule has 1 heterocycles. The van der Waals surface area contributed by atoms with Gasteiger partial charge in [0.15, 0.2) is 5.75 Å². The smallest absolute Gasteiger partial charge is 0.416 e. The number of aromatic nitrogens is 1. The minimum Gasteiger partial charge on any atom is -0.424 e. The Labute approximate surface area is 150 Å². The first-order chi connectivity index (χ1) is 12.2. The number of rotatable bonds is 3. The van der Waals surface area contributed by atoms with Crippen molar-refractivity contribution in [1.82, 2.24) is 4.98 Å². The predicted molar refractivity (Wildman–Crippen MR) is 89.5 cm³/mol. The van der Waals surface area contributed by atoms with Crippen molar-refractivity contribution < 1.29 is 27.5 Å². The third-order valence-electron chi connectivity index (χ3n) is 3.66. The highest BCUT2D eigenvalue weighted by atomic mass is 35.5. The molecular formula is C18H11ClF3NO3. The number of carbonyl (C=O) groups is 2. The van der Waals surface area contributed by atoms with Crippen LogP contribution in [0.15, 0.2) is 42.5 Å². The molecule has 0 bridgehead atoms. The Kier molecular flexibility index (Phi) is 4.50. The highest BCUT2D eigenvalue weighted by Gasteiger charge is 2.31. The molecule has 0 saturated heterocycles. The second-order valence-electron chi connectivity index (χ2n) is 5.52. The molecule has 0 saturated carbocycles. The van der Waals surface area contributed by atoms with Crippen LogP contribution in [0.4, 0.5) is 13.2 Å². The summed E-state index contributed by atoms with van der Waals surface area (Å²) >= 11 is 5.79. The lowest BCUT2D eigenvalue weighted by Gasteiger charge is -2.06. The molecule has 8 heteroatoms. The molecule has 3 rings (SSSR count). The molecule has 0 aliphatic carbocycles. The molecule has 26 heavy (non-hydrogen) atoms. The first-order valence-corrected chi connectivity index (χ1v) is 7.76. The summed E-state index contributed by atoms with van der Waals surface area (Å²) in [4.78, 5) is 26.8. The van der Waals surface area contributed by atoms with Crippen LogP contribution in [0.25, 0.3) is 10.9 Å². The number of aromatic amines is 1. The normalized spacial score (nSPS) is 11.6. The van der Waals surface area contributed by atoms with Gasteiger partial charge in [-0.3, -0.25) is 9.59 Å². The Morgan fingerprint density at radius 2 is 1.73 bits per heavy atom. The van der Waals surface area contributed by atoms with E-state index in [0.29, 0.717) is 5.02 Å². The fourth-order valence-electron chi connectivity index (χ4n) is 2.50. The second kappa shape index (κ2) is 6.49. The van der Waals surface area contributed by atoms with Crippen LogP contribution in [-0.4, -0.2) is 16.7 Å². The molecule has 1 N–H and O–H groups in total. The summed E-state index contributed by atoms with van der Waals surface area (Å²) in [5, 5.41) is 0.624. The number of ketones is 1. The summed E-state index contributed by atoms with van der Waals surface area (Å²) in [6.45, 7) is 1.14. The van der Waals surface area contributed by atoms with E-state index in [1.807, 2.05) is 0 Å². The van der Waals surface area contributed by atoms with Gasteiger partial charge in [0.05, 0.1) is 11.1 Å². The topological polar surface area (TPSA) is 59.2 Å². The highest BCUT2D eigenvalue weighted by molar-refractivity contribution is 6.30. The SMILES string of the molecule is CC(=O)Oc1c(C(=O)c2ccc(Cl)cc2)[nH]c2cc(C(F)(F)F)ccc12. The lowest BCUT2D eigenvalue weighted by Crippen LogP contribution is -2.08. The van der Waals surface area contributed by atoms with Crippen molar-refractivity contribution in [1.29, 1.82) is 0 Å². The van der Waals surface area contributed by atoms with E-state index in [2.05, 4.69) is 4.98 Å². The van der Waals surface area contributed by atoms with E-state index < -0.39 is 23.5 Å². The van der Waals surface area contributed by atoms with Crippen LogP contribution in [0, 0.1) is 0 Å². The lowest BCUT2D eigenvalue weighted by atomic mass is 10.1. The van der Waals surface area contributed by atoms with Gasteiger partial charge in [-0.05, 0) is 42.5 Å². The number of carbonyl (C=O) groups excluding carboxylic acids is 2. The highest BCUT2D eigenvalue weighted by Crippen LogP contribution is 2.36. The molecule has 0 unspecified atom stereocenters. The fourth-order valence-corrected chi connectivity index (χ4v) is 2.63. The van der Waals surface area contributed by atoms with Crippen molar-refractivity contribution in [2.75, 3.05) is 0 Å². The summed E-state index contributed by atoms with van der Waals surface area (Å²) in [6, 6.07) is 8.82. The van der Waals surface area contributed by atoms with Crippen molar-refractivity contribution >= 4 is 34.3 Å². The Bertz CT molecular complexity index is 1010. The Hall–Kier alpha value is -2.80. The van der Waals surface area contributed by atoms with E-state index in [0.717, 1.165) is 25.1 Å².